The normalized spacial score (nSPS) is 21.2. The van der Waals surface area contributed by atoms with Crippen molar-refractivity contribution in [2.24, 2.45) is 5.92 Å². The Balaban J connectivity index is 1.90. The molecule has 2 atom stereocenters. The van der Waals surface area contributed by atoms with Crippen LogP contribution in [0.2, 0.25) is 0 Å². The van der Waals surface area contributed by atoms with E-state index in [1.54, 1.807) is 7.11 Å². The highest BCUT2D eigenvalue weighted by Crippen LogP contribution is 2.28. The number of rotatable bonds is 6. The molecule has 0 saturated carbocycles. The maximum atomic E-state index is 12.1. The van der Waals surface area contributed by atoms with Crippen LogP contribution >= 0.6 is 0 Å². The summed E-state index contributed by atoms with van der Waals surface area (Å²) in [5, 5.41) is 6.37. The second-order valence-electron chi connectivity index (χ2n) is 5.84. The molecule has 0 aliphatic carbocycles. The molecule has 2 unspecified atom stereocenters. The van der Waals surface area contributed by atoms with Gasteiger partial charge in [-0.25, -0.2) is 0 Å². The van der Waals surface area contributed by atoms with E-state index >= 15 is 0 Å². The molecule has 2 N–H and O–H groups in total. The second kappa shape index (κ2) is 8.58. The second-order valence-corrected chi connectivity index (χ2v) is 5.84. The summed E-state index contributed by atoms with van der Waals surface area (Å²) in [7, 11) is 1.60. The van der Waals surface area contributed by atoms with Gasteiger partial charge < -0.3 is 20.1 Å². The first-order valence-corrected chi connectivity index (χ1v) is 8.07. The Morgan fingerprint density at radius 3 is 2.96 bits per heavy atom. The first-order chi connectivity index (χ1) is 11.1. The summed E-state index contributed by atoms with van der Waals surface area (Å²) in [4.78, 5) is 12.1. The molecule has 5 heteroatoms. The van der Waals surface area contributed by atoms with Crippen LogP contribution in [0.4, 0.5) is 0 Å². The summed E-state index contributed by atoms with van der Waals surface area (Å²) in [6.07, 6.45) is 4.90. The molecule has 5 nitrogen and oxygen atoms in total. The first kappa shape index (κ1) is 17.3. The minimum atomic E-state index is -0.0941. The minimum Gasteiger partial charge on any atom is -0.493 e. The van der Waals surface area contributed by atoms with Gasteiger partial charge in [-0.05, 0) is 50.0 Å². The average molecular weight is 318 g/mol. The highest BCUT2D eigenvalue weighted by molar-refractivity contribution is 5.78. The first-order valence-electron chi connectivity index (χ1n) is 8.07. The van der Waals surface area contributed by atoms with Gasteiger partial charge in [0.15, 0.2) is 18.1 Å². The van der Waals surface area contributed by atoms with E-state index in [4.69, 9.17) is 9.47 Å². The number of hydrogen-bond acceptors (Lipinski definition) is 4. The SMILES string of the molecule is C/C=C/c1ccc(OCC(=O)NC2CCNCC2C)c(OC)c1. The van der Waals surface area contributed by atoms with E-state index in [2.05, 4.69) is 17.6 Å². The molecular weight excluding hydrogens is 292 g/mol. The van der Waals surface area contributed by atoms with Gasteiger partial charge >= 0.3 is 0 Å². The van der Waals surface area contributed by atoms with Gasteiger partial charge in [0.25, 0.3) is 5.91 Å². The summed E-state index contributed by atoms with van der Waals surface area (Å²) in [5.74, 6) is 1.54. The molecule has 1 fully saturated rings. The van der Waals surface area contributed by atoms with Crippen LogP contribution in [0, 0.1) is 5.92 Å². The predicted octanol–water partition coefficient (Wildman–Crippen LogP) is 2.22. The average Bonchev–Trinajstić information content (AvgIpc) is 2.56. The van der Waals surface area contributed by atoms with Crippen molar-refractivity contribution in [1.82, 2.24) is 10.6 Å². The van der Waals surface area contributed by atoms with Crippen molar-refractivity contribution in [2.75, 3.05) is 26.8 Å². The van der Waals surface area contributed by atoms with E-state index in [9.17, 15) is 4.79 Å². The largest absolute Gasteiger partial charge is 0.493 e. The Kier molecular flexibility index (Phi) is 6.47. The van der Waals surface area contributed by atoms with Crippen molar-refractivity contribution in [3.8, 4) is 11.5 Å². The monoisotopic (exact) mass is 318 g/mol. The molecule has 1 heterocycles. The highest BCUT2D eigenvalue weighted by Gasteiger charge is 2.22. The van der Waals surface area contributed by atoms with Crippen molar-refractivity contribution in [1.29, 1.82) is 0 Å². The summed E-state index contributed by atoms with van der Waals surface area (Å²) >= 11 is 0. The lowest BCUT2D eigenvalue weighted by atomic mass is 9.95. The van der Waals surface area contributed by atoms with E-state index in [-0.39, 0.29) is 18.6 Å². The number of amides is 1. The fourth-order valence-corrected chi connectivity index (χ4v) is 2.72. The summed E-state index contributed by atoms with van der Waals surface area (Å²) in [5.41, 5.74) is 1.03. The zero-order chi connectivity index (χ0) is 16.7. The van der Waals surface area contributed by atoms with Crippen LogP contribution in [0.25, 0.3) is 6.08 Å². The van der Waals surface area contributed by atoms with Crippen LogP contribution in [-0.4, -0.2) is 38.8 Å². The zero-order valence-corrected chi connectivity index (χ0v) is 14.1. The predicted molar refractivity (Wildman–Crippen MR) is 91.8 cm³/mol. The van der Waals surface area contributed by atoms with Crippen molar-refractivity contribution < 1.29 is 14.3 Å². The van der Waals surface area contributed by atoms with Crippen molar-refractivity contribution >= 4 is 12.0 Å². The van der Waals surface area contributed by atoms with Crippen molar-refractivity contribution in [2.45, 2.75) is 26.3 Å². The lowest BCUT2D eigenvalue weighted by Crippen LogP contribution is -2.49. The molecule has 0 aromatic heterocycles. The van der Waals surface area contributed by atoms with Gasteiger partial charge in [0.1, 0.15) is 0 Å². The smallest absolute Gasteiger partial charge is 0.258 e. The van der Waals surface area contributed by atoms with Crippen molar-refractivity contribution in [3.05, 3.63) is 29.8 Å². The van der Waals surface area contributed by atoms with Crippen LogP contribution in [-0.2, 0) is 4.79 Å². The molecule has 1 amide bonds. The Hall–Kier alpha value is -2.01. The molecule has 1 aromatic rings. The van der Waals surface area contributed by atoms with E-state index in [1.807, 2.05) is 37.3 Å². The number of hydrogen-bond donors (Lipinski definition) is 2. The maximum absolute atomic E-state index is 12.1. The number of allylic oxidation sites excluding steroid dienone is 1. The zero-order valence-electron chi connectivity index (χ0n) is 14.1. The lowest BCUT2D eigenvalue weighted by molar-refractivity contribution is -0.124. The van der Waals surface area contributed by atoms with Crippen LogP contribution in [0.5, 0.6) is 11.5 Å². The van der Waals surface area contributed by atoms with Crippen LogP contribution < -0.4 is 20.1 Å². The molecule has 0 spiro atoms. The van der Waals surface area contributed by atoms with E-state index in [0.29, 0.717) is 17.4 Å². The van der Waals surface area contributed by atoms with Crippen molar-refractivity contribution in [3.63, 3.8) is 0 Å². The summed E-state index contributed by atoms with van der Waals surface area (Å²) in [6.45, 7) is 5.97. The third-order valence-corrected chi connectivity index (χ3v) is 4.04. The Labute approximate surface area is 138 Å². The number of carbonyl (C=O) groups is 1. The van der Waals surface area contributed by atoms with E-state index in [0.717, 1.165) is 25.1 Å². The molecule has 126 valence electrons. The molecule has 1 aliphatic rings. The molecular formula is C18H26N2O3. The van der Waals surface area contributed by atoms with Crippen LogP contribution in [0.3, 0.4) is 0 Å². The van der Waals surface area contributed by atoms with Gasteiger partial charge in [0.05, 0.1) is 7.11 Å². The maximum Gasteiger partial charge on any atom is 0.258 e. The number of piperidine rings is 1. The summed E-state index contributed by atoms with van der Waals surface area (Å²) in [6, 6.07) is 5.87. The van der Waals surface area contributed by atoms with Gasteiger partial charge in [0.2, 0.25) is 0 Å². The molecule has 1 saturated heterocycles. The number of benzene rings is 1. The third-order valence-electron chi connectivity index (χ3n) is 4.04. The minimum absolute atomic E-state index is 0.00400. The van der Waals surface area contributed by atoms with E-state index < -0.39 is 0 Å². The van der Waals surface area contributed by atoms with Gasteiger partial charge in [0, 0.05) is 6.04 Å². The Bertz CT molecular complexity index is 557. The van der Waals surface area contributed by atoms with Gasteiger partial charge in [-0.2, -0.15) is 0 Å². The molecule has 0 radical (unpaired) electrons. The lowest BCUT2D eigenvalue weighted by Gasteiger charge is -2.30. The number of methoxy groups -OCH3 is 1. The topological polar surface area (TPSA) is 59.6 Å². The molecule has 0 bridgehead atoms. The highest BCUT2D eigenvalue weighted by atomic mass is 16.5. The molecule has 23 heavy (non-hydrogen) atoms. The third kappa shape index (κ3) is 4.99. The Morgan fingerprint density at radius 2 is 2.26 bits per heavy atom. The van der Waals surface area contributed by atoms with Crippen LogP contribution in [0.1, 0.15) is 25.8 Å². The molecule has 1 aliphatic heterocycles. The van der Waals surface area contributed by atoms with Gasteiger partial charge in [-0.1, -0.05) is 25.1 Å². The fraction of sp³-hybridized carbons (Fsp3) is 0.500. The summed E-state index contributed by atoms with van der Waals surface area (Å²) < 4.78 is 11.0. The number of nitrogens with one attached hydrogen (secondary N) is 2. The number of carbonyl (C=O) groups excluding carboxylic acids is 1. The fourth-order valence-electron chi connectivity index (χ4n) is 2.72. The molecule has 1 aromatic carbocycles. The molecule has 2 rings (SSSR count). The van der Waals surface area contributed by atoms with E-state index in [1.165, 1.54) is 0 Å². The number of ether oxygens (including phenoxy) is 2. The van der Waals surface area contributed by atoms with Gasteiger partial charge in [-0.15, -0.1) is 0 Å². The Morgan fingerprint density at radius 1 is 1.43 bits per heavy atom. The van der Waals surface area contributed by atoms with Crippen LogP contribution in [0.15, 0.2) is 24.3 Å². The van der Waals surface area contributed by atoms with Gasteiger partial charge in [-0.3, -0.25) is 4.79 Å². The quantitative estimate of drug-likeness (QED) is 0.844. The standard InChI is InChI=1S/C18H26N2O3/c1-4-5-14-6-7-16(17(10-14)22-3)23-12-18(21)20-15-8-9-19-11-13(15)2/h4-7,10,13,15,19H,8-9,11-12H2,1-3H3,(H,20,21)/b5-4+.